The second-order valence-corrected chi connectivity index (χ2v) is 10.5. The third-order valence-corrected chi connectivity index (χ3v) is 6.82. The van der Waals surface area contributed by atoms with Crippen LogP contribution in [0.25, 0.3) is 5.03 Å². The number of ether oxygens (including phenoxy) is 2. The van der Waals surface area contributed by atoms with Crippen LogP contribution in [0.2, 0.25) is 0 Å². The van der Waals surface area contributed by atoms with Gasteiger partial charge >= 0.3 is 12.3 Å². The van der Waals surface area contributed by atoms with E-state index >= 15 is 0 Å². The summed E-state index contributed by atoms with van der Waals surface area (Å²) in [4.78, 5) is 27.7. The number of hydrogen-bond donors (Lipinski definition) is 1. The molecule has 0 saturated carbocycles. The first-order valence-electron chi connectivity index (χ1n) is 11.8. The van der Waals surface area contributed by atoms with Gasteiger partial charge in [0.1, 0.15) is 5.60 Å². The van der Waals surface area contributed by atoms with E-state index in [-0.39, 0.29) is 30.3 Å². The minimum Gasteiger partial charge on any atom is -0.444 e. The molecule has 0 radical (unpaired) electrons. The Morgan fingerprint density at radius 2 is 1.70 bits per heavy atom. The summed E-state index contributed by atoms with van der Waals surface area (Å²) in [7, 11) is 1.38. The number of amides is 1. The van der Waals surface area contributed by atoms with Gasteiger partial charge in [0.25, 0.3) is 0 Å². The van der Waals surface area contributed by atoms with Crippen molar-refractivity contribution >= 4 is 34.2 Å². The Bertz CT molecular complexity index is 1230. The molecule has 1 fully saturated rings. The molecule has 4 rings (SSSR count). The summed E-state index contributed by atoms with van der Waals surface area (Å²) in [5, 5.41) is 3.48. The van der Waals surface area contributed by atoms with E-state index in [9.17, 15) is 22.8 Å². The van der Waals surface area contributed by atoms with Crippen molar-refractivity contribution in [2.24, 2.45) is 5.92 Å². The molecule has 198 valence electrons. The standard InChI is InChI=1S/C27H28ClF3N2O4/c1-25(2,3)37-24(35)33-14-17(15-33)23(34)26(36-4)20(22(28)19-7-5-6-8-21(19)32-26)13-16-9-11-18(12-10-16)27(29,30)31/h5-12,17,32H,13-15H2,1-4H3. The Labute approximate surface area is 218 Å². The number of likely N-dealkylation sites (tertiary alicyclic amines) is 1. The molecule has 1 atom stereocenters. The Hall–Kier alpha value is -3.04. The van der Waals surface area contributed by atoms with E-state index in [2.05, 4.69) is 5.32 Å². The fourth-order valence-electron chi connectivity index (χ4n) is 4.48. The number of benzene rings is 2. The molecule has 1 amide bonds. The zero-order valence-electron chi connectivity index (χ0n) is 20.9. The lowest BCUT2D eigenvalue weighted by atomic mass is 9.80. The number of anilines is 1. The normalized spacial score (nSPS) is 20.2. The maximum atomic E-state index is 13.9. The number of hydrogen-bond acceptors (Lipinski definition) is 5. The highest BCUT2D eigenvalue weighted by Gasteiger charge is 2.52. The summed E-state index contributed by atoms with van der Waals surface area (Å²) >= 11 is 6.83. The zero-order chi connectivity index (χ0) is 27.2. The second kappa shape index (κ2) is 9.68. The summed E-state index contributed by atoms with van der Waals surface area (Å²) in [5.41, 5.74) is -0.957. The molecule has 2 aromatic rings. The number of rotatable bonds is 5. The monoisotopic (exact) mass is 536 g/mol. The molecule has 2 heterocycles. The van der Waals surface area contributed by atoms with Crippen LogP contribution in [0.5, 0.6) is 0 Å². The van der Waals surface area contributed by atoms with Crippen molar-refractivity contribution in [3.8, 4) is 0 Å². The topological polar surface area (TPSA) is 67.9 Å². The van der Waals surface area contributed by atoms with Gasteiger partial charge in [-0.25, -0.2) is 4.79 Å². The number of carbonyl (C=O) groups is 2. The van der Waals surface area contributed by atoms with Gasteiger partial charge in [0.15, 0.2) is 5.78 Å². The van der Waals surface area contributed by atoms with Crippen LogP contribution in [-0.2, 0) is 26.9 Å². The fraction of sp³-hybridized carbons (Fsp3) is 0.407. The van der Waals surface area contributed by atoms with Crippen molar-refractivity contribution in [2.45, 2.75) is 44.7 Å². The molecule has 2 aliphatic rings. The predicted molar refractivity (Wildman–Crippen MR) is 134 cm³/mol. The quantitative estimate of drug-likeness (QED) is 0.500. The van der Waals surface area contributed by atoms with Gasteiger partial charge in [-0.3, -0.25) is 4.79 Å². The van der Waals surface area contributed by atoms with Crippen molar-refractivity contribution in [1.82, 2.24) is 4.90 Å². The number of alkyl halides is 3. The molecule has 1 unspecified atom stereocenters. The van der Waals surface area contributed by atoms with Crippen LogP contribution < -0.4 is 5.32 Å². The summed E-state index contributed by atoms with van der Waals surface area (Å²) < 4.78 is 50.4. The molecule has 0 bridgehead atoms. The second-order valence-electron chi connectivity index (χ2n) is 10.2. The van der Waals surface area contributed by atoms with Crippen LogP contribution in [0.15, 0.2) is 54.1 Å². The third-order valence-electron chi connectivity index (χ3n) is 6.38. The first-order valence-corrected chi connectivity index (χ1v) is 12.1. The molecule has 6 nitrogen and oxygen atoms in total. The lowest BCUT2D eigenvalue weighted by Gasteiger charge is -2.46. The largest absolute Gasteiger partial charge is 0.444 e. The van der Waals surface area contributed by atoms with Gasteiger partial charge in [-0.15, -0.1) is 0 Å². The van der Waals surface area contributed by atoms with E-state index in [0.29, 0.717) is 22.4 Å². The van der Waals surface area contributed by atoms with E-state index in [0.717, 1.165) is 12.1 Å². The Morgan fingerprint density at radius 1 is 1.08 bits per heavy atom. The van der Waals surface area contributed by atoms with E-state index in [1.807, 2.05) is 0 Å². The molecule has 37 heavy (non-hydrogen) atoms. The van der Waals surface area contributed by atoms with Gasteiger partial charge < -0.3 is 19.7 Å². The highest BCUT2D eigenvalue weighted by Crippen LogP contribution is 2.45. The molecular weight excluding hydrogens is 509 g/mol. The van der Waals surface area contributed by atoms with Crippen LogP contribution in [-0.4, -0.2) is 48.3 Å². The number of methoxy groups -OCH3 is 1. The van der Waals surface area contributed by atoms with E-state index in [4.69, 9.17) is 21.1 Å². The lowest BCUT2D eigenvalue weighted by Crippen LogP contribution is -2.62. The van der Waals surface area contributed by atoms with E-state index in [1.54, 1.807) is 45.0 Å². The maximum Gasteiger partial charge on any atom is 0.416 e. The summed E-state index contributed by atoms with van der Waals surface area (Å²) in [6, 6.07) is 11.8. The van der Waals surface area contributed by atoms with Crippen molar-refractivity contribution in [3.63, 3.8) is 0 Å². The minimum atomic E-state index is -4.46. The SMILES string of the molecule is COC1(C(=O)C2CN(C(=O)OC(C)(C)C)C2)Nc2ccccc2C(Cl)=C1Cc1ccc(C(F)(F)F)cc1. The number of nitrogens with one attached hydrogen (secondary N) is 1. The number of para-hydroxylation sites is 1. The Balaban J connectivity index is 1.66. The summed E-state index contributed by atoms with van der Waals surface area (Å²) in [6.07, 6.45) is -4.90. The summed E-state index contributed by atoms with van der Waals surface area (Å²) in [5.74, 6) is -0.887. The third kappa shape index (κ3) is 5.33. The van der Waals surface area contributed by atoms with Gasteiger partial charge in [-0.1, -0.05) is 41.9 Å². The first kappa shape index (κ1) is 27.0. The zero-order valence-corrected chi connectivity index (χ0v) is 21.7. The molecule has 0 spiro atoms. The number of fused-ring (bicyclic) bond motifs is 1. The van der Waals surface area contributed by atoms with Crippen molar-refractivity contribution in [1.29, 1.82) is 0 Å². The molecule has 10 heteroatoms. The highest BCUT2D eigenvalue weighted by molar-refractivity contribution is 6.50. The number of nitrogens with zero attached hydrogens (tertiary/aromatic N) is 1. The van der Waals surface area contributed by atoms with E-state index in [1.165, 1.54) is 24.1 Å². The molecule has 2 aromatic carbocycles. The molecule has 2 aliphatic heterocycles. The van der Waals surface area contributed by atoms with E-state index < -0.39 is 35.1 Å². The average Bonchev–Trinajstić information content (AvgIpc) is 2.78. The minimum absolute atomic E-state index is 0.0698. The fourth-order valence-corrected chi connectivity index (χ4v) is 4.84. The van der Waals surface area contributed by atoms with Crippen molar-refractivity contribution < 1.29 is 32.2 Å². The first-order chi connectivity index (χ1) is 17.2. The van der Waals surface area contributed by atoms with Gasteiger partial charge in [-0.2, -0.15) is 13.2 Å². The van der Waals surface area contributed by atoms with Crippen molar-refractivity contribution in [2.75, 3.05) is 25.5 Å². The Morgan fingerprint density at radius 3 is 2.27 bits per heavy atom. The number of Topliss-reactive ketones (excluding diaryl/α,β-unsaturated/α-hetero) is 1. The number of halogens is 4. The van der Waals surface area contributed by atoms with Crippen LogP contribution in [0.3, 0.4) is 0 Å². The number of carbonyl (C=O) groups excluding carboxylic acids is 2. The van der Waals surface area contributed by atoms with Crippen molar-refractivity contribution in [3.05, 3.63) is 70.8 Å². The van der Waals surface area contributed by atoms with Gasteiger partial charge in [0.05, 0.1) is 16.5 Å². The van der Waals surface area contributed by atoms with Crippen LogP contribution in [0.4, 0.5) is 23.7 Å². The number of ketones is 1. The molecule has 1 saturated heterocycles. The molecule has 0 aliphatic carbocycles. The van der Waals surface area contributed by atoms with Crippen LogP contribution in [0, 0.1) is 5.92 Å². The van der Waals surface area contributed by atoms with Gasteiger partial charge in [-0.05, 0) is 44.5 Å². The maximum absolute atomic E-state index is 13.9. The lowest BCUT2D eigenvalue weighted by molar-refractivity contribution is -0.143. The van der Waals surface area contributed by atoms with Crippen LogP contribution >= 0.6 is 11.6 Å². The Kier molecular flexibility index (Phi) is 7.07. The smallest absolute Gasteiger partial charge is 0.416 e. The van der Waals surface area contributed by atoms with Gasteiger partial charge in [0, 0.05) is 43.4 Å². The molecular formula is C27H28ClF3N2O4. The molecule has 1 N–H and O–H groups in total. The van der Waals surface area contributed by atoms with Gasteiger partial charge in [0.2, 0.25) is 5.72 Å². The predicted octanol–water partition coefficient (Wildman–Crippen LogP) is 6.10. The molecule has 0 aromatic heterocycles. The van der Waals surface area contributed by atoms with Crippen LogP contribution in [0.1, 0.15) is 37.5 Å². The summed E-state index contributed by atoms with van der Waals surface area (Å²) in [6.45, 7) is 5.57. The highest BCUT2D eigenvalue weighted by atomic mass is 35.5. The average molecular weight is 537 g/mol.